The molecule has 0 aromatic carbocycles. The van der Waals surface area contributed by atoms with Gasteiger partial charge in [-0.25, -0.2) is 18.4 Å². The van der Waals surface area contributed by atoms with E-state index in [0.29, 0.717) is 13.1 Å². The summed E-state index contributed by atoms with van der Waals surface area (Å²) in [6.07, 6.45) is 3.25. The molecule has 1 atom stereocenters. The van der Waals surface area contributed by atoms with Gasteiger partial charge in [0.15, 0.2) is 0 Å². The van der Waals surface area contributed by atoms with Crippen molar-refractivity contribution in [2.45, 2.75) is 39.7 Å². The van der Waals surface area contributed by atoms with E-state index in [0.717, 1.165) is 48.5 Å². The lowest BCUT2D eigenvalue weighted by molar-refractivity contribution is 0.184. The molecular weight excluding hydrogens is 382 g/mol. The Hall–Kier alpha value is -1.29. The second-order valence-corrected chi connectivity index (χ2v) is 10.2. The number of piperazine rings is 1. The second-order valence-electron chi connectivity index (χ2n) is 7.23. The third-order valence-corrected chi connectivity index (χ3v) is 7.98. The first kappa shape index (κ1) is 20.4. The Morgan fingerprint density at radius 1 is 1.26 bits per heavy atom. The summed E-state index contributed by atoms with van der Waals surface area (Å²) in [6.45, 7) is 9.79. The normalized spacial score (nSPS) is 18.0. The van der Waals surface area contributed by atoms with E-state index in [-0.39, 0.29) is 11.8 Å². The highest BCUT2D eigenvalue weighted by Crippen LogP contribution is 2.28. The van der Waals surface area contributed by atoms with Crippen molar-refractivity contribution >= 4 is 37.4 Å². The maximum Gasteiger partial charge on any atom is 0.214 e. The van der Waals surface area contributed by atoms with E-state index in [9.17, 15) is 8.42 Å². The van der Waals surface area contributed by atoms with Crippen LogP contribution in [-0.2, 0) is 10.0 Å². The van der Waals surface area contributed by atoms with Gasteiger partial charge in [-0.2, -0.15) is 4.31 Å². The fourth-order valence-electron chi connectivity index (χ4n) is 3.38. The number of aromatic nitrogens is 2. The molecule has 0 bridgehead atoms. The number of thiophene rings is 1. The predicted octanol–water partition coefficient (Wildman–Crippen LogP) is 2.55. The van der Waals surface area contributed by atoms with E-state index in [1.54, 1.807) is 22.0 Å². The molecule has 7 nitrogen and oxygen atoms in total. The first-order chi connectivity index (χ1) is 12.9. The van der Waals surface area contributed by atoms with E-state index in [4.69, 9.17) is 0 Å². The van der Waals surface area contributed by atoms with E-state index in [1.165, 1.54) is 5.56 Å². The fourth-order valence-corrected chi connectivity index (χ4v) is 5.97. The van der Waals surface area contributed by atoms with Gasteiger partial charge in [0, 0.05) is 38.8 Å². The number of anilines is 1. The molecule has 0 spiro atoms. The molecule has 1 fully saturated rings. The summed E-state index contributed by atoms with van der Waals surface area (Å²) in [4.78, 5) is 11.1. The number of fused-ring (bicyclic) bond motifs is 1. The van der Waals surface area contributed by atoms with Crippen LogP contribution in [0.25, 0.3) is 10.2 Å². The van der Waals surface area contributed by atoms with Gasteiger partial charge < -0.3 is 5.32 Å². The zero-order valence-electron chi connectivity index (χ0n) is 16.3. The monoisotopic (exact) mass is 411 g/mol. The minimum Gasteiger partial charge on any atom is -0.365 e. The molecule has 1 saturated heterocycles. The summed E-state index contributed by atoms with van der Waals surface area (Å²) in [5, 5.41) is 5.61. The molecule has 150 valence electrons. The molecule has 1 aliphatic heterocycles. The molecule has 3 heterocycles. The number of sulfonamides is 1. The summed E-state index contributed by atoms with van der Waals surface area (Å²) >= 11 is 1.66. The summed E-state index contributed by atoms with van der Waals surface area (Å²) in [7, 11) is -3.09. The van der Waals surface area contributed by atoms with Gasteiger partial charge in [-0.1, -0.05) is 13.3 Å². The standard InChI is InChI=1S/C18H29N5O2S2/c1-4-5-10-27(24,25)23-8-6-22(7-9-23)11-15(3)21-18-17-16(19-13-20-18)14(2)12-26-17/h12-13,15H,4-11H2,1-3H3,(H,19,20,21)/t15-/m0/s1. The number of aryl methyl sites for hydroxylation is 1. The summed E-state index contributed by atoms with van der Waals surface area (Å²) in [5.74, 6) is 1.15. The van der Waals surface area contributed by atoms with Crippen LogP contribution in [0.4, 0.5) is 5.82 Å². The average molecular weight is 412 g/mol. The van der Waals surface area contributed by atoms with Crippen molar-refractivity contribution in [3.05, 3.63) is 17.3 Å². The van der Waals surface area contributed by atoms with Crippen molar-refractivity contribution in [2.24, 2.45) is 0 Å². The van der Waals surface area contributed by atoms with Crippen LogP contribution in [0.15, 0.2) is 11.7 Å². The highest BCUT2D eigenvalue weighted by molar-refractivity contribution is 7.89. The first-order valence-corrected chi connectivity index (χ1v) is 12.0. The quantitative estimate of drug-likeness (QED) is 0.719. The van der Waals surface area contributed by atoms with Gasteiger partial charge in [-0.3, -0.25) is 4.90 Å². The zero-order valence-corrected chi connectivity index (χ0v) is 17.9. The van der Waals surface area contributed by atoms with Crippen LogP contribution in [0, 0.1) is 6.92 Å². The third-order valence-electron chi connectivity index (χ3n) is 4.93. The zero-order chi connectivity index (χ0) is 19.4. The number of hydrogen-bond donors (Lipinski definition) is 1. The van der Waals surface area contributed by atoms with Gasteiger partial charge in [0.2, 0.25) is 10.0 Å². The van der Waals surface area contributed by atoms with Crippen LogP contribution in [-0.4, -0.2) is 72.1 Å². The van der Waals surface area contributed by atoms with Gasteiger partial charge in [-0.05, 0) is 31.2 Å². The fraction of sp³-hybridized carbons (Fsp3) is 0.667. The Morgan fingerprint density at radius 2 is 2.00 bits per heavy atom. The molecule has 0 radical (unpaired) electrons. The molecule has 2 aromatic rings. The maximum atomic E-state index is 12.3. The molecule has 2 aromatic heterocycles. The molecule has 3 rings (SSSR count). The maximum absolute atomic E-state index is 12.3. The Kier molecular flexibility index (Phi) is 6.67. The molecule has 0 saturated carbocycles. The van der Waals surface area contributed by atoms with Crippen LogP contribution in [0.5, 0.6) is 0 Å². The van der Waals surface area contributed by atoms with Crippen LogP contribution in [0.1, 0.15) is 32.3 Å². The molecule has 0 aliphatic carbocycles. The van der Waals surface area contributed by atoms with Gasteiger partial charge in [-0.15, -0.1) is 11.3 Å². The van der Waals surface area contributed by atoms with Gasteiger partial charge >= 0.3 is 0 Å². The highest BCUT2D eigenvalue weighted by Gasteiger charge is 2.27. The lowest BCUT2D eigenvalue weighted by Crippen LogP contribution is -2.51. The molecule has 1 aliphatic rings. The topological polar surface area (TPSA) is 78.4 Å². The number of unbranched alkanes of at least 4 members (excludes halogenated alkanes) is 1. The van der Waals surface area contributed by atoms with Crippen LogP contribution in [0.3, 0.4) is 0 Å². The number of hydrogen-bond acceptors (Lipinski definition) is 7. The minimum atomic E-state index is -3.09. The minimum absolute atomic E-state index is 0.216. The largest absolute Gasteiger partial charge is 0.365 e. The number of nitrogens with one attached hydrogen (secondary N) is 1. The Bertz CT molecular complexity index is 860. The Balaban J connectivity index is 1.53. The van der Waals surface area contributed by atoms with Crippen LogP contribution in [0.2, 0.25) is 0 Å². The lowest BCUT2D eigenvalue weighted by Gasteiger charge is -2.35. The van der Waals surface area contributed by atoms with E-state index < -0.39 is 10.0 Å². The third kappa shape index (κ3) is 4.96. The summed E-state index contributed by atoms with van der Waals surface area (Å²) in [5.41, 5.74) is 2.18. The molecule has 1 N–H and O–H groups in total. The van der Waals surface area contributed by atoms with Crippen molar-refractivity contribution in [3.8, 4) is 0 Å². The van der Waals surface area contributed by atoms with Crippen molar-refractivity contribution in [3.63, 3.8) is 0 Å². The average Bonchev–Trinajstić information content (AvgIpc) is 3.03. The lowest BCUT2D eigenvalue weighted by atomic mass is 10.2. The Labute approximate surface area is 165 Å². The molecular formula is C18H29N5O2S2. The van der Waals surface area contributed by atoms with E-state index >= 15 is 0 Å². The van der Waals surface area contributed by atoms with Gasteiger partial charge in [0.25, 0.3) is 0 Å². The van der Waals surface area contributed by atoms with Gasteiger partial charge in [0.1, 0.15) is 12.1 Å². The van der Waals surface area contributed by atoms with Crippen molar-refractivity contribution in [1.82, 2.24) is 19.2 Å². The SMILES string of the molecule is CCCCS(=O)(=O)N1CCN(C[C@H](C)Nc2ncnc3c(C)csc23)CC1. The number of rotatable bonds is 8. The molecule has 9 heteroatoms. The first-order valence-electron chi connectivity index (χ1n) is 9.56. The molecule has 27 heavy (non-hydrogen) atoms. The van der Waals surface area contributed by atoms with Crippen LogP contribution < -0.4 is 5.32 Å². The van der Waals surface area contributed by atoms with Crippen LogP contribution >= 0.6 is 11.3 Å². The highest BCUT2D eigenvalue weighted by atomic mass is 32.2. The van der Waals surface area contributed by atoms with Gasteiger partial charge in [0.05, 0.1) is 16.0 Å². The predicted molar refractivity (Wildman–Crippen MR) is 112 cm³/mol. The van der Waals surface area contributed by atoms with Crippen molar-refractivity contribution in [1.29, 1.82) is 0 Å². The molecule has 0 unspecified atom stereocenters. The van der Waals surface area contributed by atoms with Crippen molar-refractivity contribution in [2.75, 3.05) is 43.8 Å². The summed E-state index contributed by atoms with van der Waals surface area (Å²) in [6, 6.07) is 0.216. The number of nitrogens with zero attached hydrogens (tertiary/aromatic N) is 4. The second kappa shape index (κ2) is 8.81. The summed E-state index contributed by atoms with van der Waals surface area (Å²) < 4.78 is 27.4. The van der Waals surface area contributed by atoms with E-state index in [1.807, 2.05) is 6.92 Å². The Morgan fingerprint density at radius 3 is 2.70 bits per heavy atom. The smallest absolute Gasteiger partial charge is 0.214 e. The van der Waals surface area contributed by atoms with Crippen molar-refractivity contribution < 1.29 is 8.42 Å². The molecule has 0 amide bonds. The van der Waals surface area contributed by atoms with E-state index in [2.05, 4.69) is 39.4 Å².